The zero-order valence-electron chi connectivity index (χ0n) is 19.0. The summed E-state index contributed by atoms with van der Waals surface area (Å²) in [5.41, 5.74) is 0.980. The number of carbonyl (C=O) groups is 2. The minimum absolute atomic E-state index is 0.138. The highest BCUT2D eigenvalue weighted by molar-refractivity contribution is 7.22. The predicted molar refractivity (Wildman–Crippen MR) is 135 cm³/mol. The van der Waals surface area contributed by atoms with E-state index < -0.39 is 29.3 Å². The number of benzene rings is 3. The molecule has 5 rings (SSSR count). The number of Topliss-reactive ketones (excluding diaryl/α,β-unsaturated/α-hetero) is 1. The second-order valence-corrected chi connectivity index (χ2v) is 9.31. The number of ether oxygens (including phenoxy) is 2. The van der Waals surface area contributed by atoms with Crippen molar-refractivity contribution in [3.05, 3.63) is 88.2 Å². The summed E-state index contributed by atoms with van der Waals surface area (Å²) in [6, 6.07) is 14.4. The van der Waals surface area contributed by atoms with Crippen LogP contribution in [0.2, 0.25) is 5.02 Å². The van der Waals surface area contributed by atoms with E-state index in [9.17, 15) is 19.1 Å². The van der Waals surface area contributed by atoms with Gasteiger partial charge in [0.1, 0.15) is 23.1 Å². The number of carbonyl (C=O) groups excluding carboxylic acids is 2. The Morgan fingerprint density at radius 2 is 1.72 bits per heavy atom. The van der Waals surface area contributed by atoms with Crippen molar-refractivity contribution < 1.29 is 28.6 Å². The molecule has 4 aromatic rings. The van der Waals surface area contributed by atoms with E-state index in [1.807, 2.05) is 0 Å². The van der Waals surface area contributed by atoms with Crippen molar-refractivity contribution in [1.82, 2.24) is 4.98 Å². The quantitative estimate of drug-likeness (QED) is 0.204. The van der Waals surface area contributed by atoms with Crippen LogP contribution in [0.15, 0.2) is 66.2 Å². The van der Waals surface area contributed by atoms with Crippen LogP contribution in [-0.2, 0) is 9.59 Å². The Morgan fingerprint density at radius 1 is 1.03 bits per heavy atom. The van der Waals surface area contributed by atoms with E-state index in [4.69, 9.17) is 21.1 Å². The average Bonchev–Trinajstić information content (AvgIpc) is 3.41. The number of thiazole rings is 1. The Morgan fingerprint density at radius 3 is 2.42 bits per heavy atom. The fourth-order valence-corrected chi connectivity index (χ4v) is 5.30. The molecule has 1 saturated heterocycles. The summed E-state index contributed by atoms with van der Waals surface area (Å²) < 4.78 is 24.8. The van der Waals surface area contributed by atoms with Crippen molar-refractivity contribution in [2.24, 2.45) is 0 Å². The van der Waals surface area contributed by atoms with Crippen LogP contribution in [0.3, 0.4) is 0 Å². The fraction of sp³-hybridized carbons (Fsp3) is 0.115. The molecule has 0 bridgehead atoms. The van der Waals surface area contributed by atoms with Gasteiger partial charge < -0.3 is 14.6 Å². The Labute approximate surface area is 214 Å². The van der Waals surface area contributed by atoms with Crippen LogP contribution in [0.5, 0.6) is 11.5 Å². The first kappa shape index (κ1) is 23.8. The third-order valence-electron chi connectivity index (χ3n) is 5.85. The van der Waals surface area contributed by atoms with Gasteiger partial charge >= 0.3 is 5.91 Å². The first-order valence-electron chi connectivity index (χ1n) is 10.7. The lowest BCUT2D eigenvalue weighted by molar-refractivity contribution is -0.132. The maximum atomic E-state index is 13.8. The monoisotopic (exact) mass is 524 g/mol. The Hall–Kier alpha value is -3.95. The molecular weight excluding hydrogens is 507 g/mol. The van der Waals surface area contributed by atoms with Gasteiger partial charge in [0.25, 0.3) is 5.78 Å². The van der Waals surface area contributed by atoms with E-state index in [-0.39, 0.29) is 21.3 Å². The van der Waals surface area contributed by atoms with Gasteiger partial charge in [-0.2, -0.15) is 0 Å². The second kappa shape index (κ2) is 9.25. The number of aliphatic hydroxyl groups is 1. The van der Waals surface area contributed by atoms with Crippen LogP contribution in [0.4, 0.5) is 9.52 Å². The lowest BCUT2D eigenvalue weighted by Crippen LogP contribution is -2.29. The number of amides is 1. The maximum absolute atomic E-state index is 13.8. The van der Waals surface area contributed by atoms with Crippen molar-refractivity contribution in [1.29, 1.82) is 0 Å². The molecule has 1 fully saturated rings. The molecule has 1 amide bonds. The molecule has 1 unspecified atom stereocenters. The molecule has 0 aliphatic carbocycles. The highest BCUT2D eigenvalue weighted by Gasteiger charge is 2.48. The van der Waals surface area contributed by atoms with Crippen LogP contribution >= 0.6 is 22.9 Å². The number of rotatable bonds is 5. The van der Waals surface area contributed by atoms with Gasteiger partial charge in [0.2, 0.25) is 0 Å². The first-order valence-corrected chi connectivity index (χ1v) is 11.9. The van der Waals surface area contributed by atoms with Gasteiger partial charge in [-0.05, 0) is 54.1 Å². The molecule has 36 heavy (non-hydrogen) atoms. The largest absolute Gasteiger partial charge is 0.507 e. The highest BCUT2D eigenvalue weighted by Crippen LogP contribution is 2.45. The number of halogens is 2. The molecular formula is C26H18ClFN2O5S. The zero-order chi connectivity index (χ0) is 25.6. The molecule has 1 aliphatic rings. The summed E-state index contributed by atoms with van der Waals surface area (Å²) >= 11 is 7.41. The zero-order valence-corrected chi connectivity index (χ0v) is 20.6. The van der Waals surface area contributed by atoms with Crippen molar-refractivity contribution in [2.75, 3.05) is 19.1 Å². The van der Waals surface area contributed by atoms with Crippen LogP contribution < -0.4 is 14.4 Å². The van der Waals surface area contributed by atoms with Crippen molar-refractivity contribution in [3.8, 4) is 11.5 Å². The molecule has 0 spiro atoms. The molecule has 182 valence electrons. The predicted octanol–water partition coefficient (Wildman–Crippen LogP) is 5.73. The van der Waals surface area contributed by atoms with Gasteiger partial charge in [-0.1, -0.05) is 35.1 Å². The maximum Gasteiger partial charge on any atom is 0.301 e. The third kappa shape index (κ3) is 3.96. The van der Waals surface area contributed by atoms with Crippen molar-refractivity contribution in [2.45, 2.75) is 6.04 Å². The van der Waals surface area contributed by atoms with E-state index in [2.05, 4.69) is 4.98 Å². The number of fused-ring (bicyclic) bond motifs is 1. The molecule has 7 nitrogen and oxygen atoms in total. The molecule has 10 heteroatoms. The SMILES string of the molecule is COc1ccc(C2/C(=C(\O)c3cc(OC)ccc3Cl)C(=O)C(=O)N2c2nc3ccc(F)cc3s2)cc1. The van der Waals surface area contributed by atoms with Gasteiger partial charge in [-0.15, -0.1) is 0 Å². The van der Waals surface area contributed by atoms with Gasteiger partial charge in [0, 0.05) is 5.56 Å². The van der Waals surface area contributed by atoms with E-state index in [0.717, 1.165) is 11.3 Å². The minimum Gasteiger partial charge on any atom is -0.507 e. The van der Waals surface area contributed by atoms with Crippen molar-refractivity contribution >= 4 is 55.7 Å². The smallest absolute Gasteiger partial charge is 0.301 e. The molecule has 1 N–H and O–H groups in total. The number of ketones is 1. The lowest BCUT2D eigenvalue weighted by atomic mass is 9.95. The van der Waals surface area contributed by atoms with Crippen LogP contribution in [0.1, 0.15) is 17.2 Å². The third-order valence-corrected chi connectivity index (χ3v) is 7.20. The second-order valence-electron chi connectivity index (χ2n) is 7.90. The van der Waals surface area contributed by atoms with Crippen LogP contribution in [0, 0.1) is 5.82 Å². The molecule has 0 saturated carbocycles. The summed E-state index contributed by atoms with van der Waals surface area (Å²) in [6.07, 6.45) is 0. The fourth-order valence-electron chi connectivity index (χ4n) is 4.08. The molecule has 1 aromatic heterocycles. The number of methoxy groups -OCH3 is 2. The summed E-state index contributed by atoms with van der Waals surface area (Å²) in [5.74, 6) is -1.70. The molecule has 1 aliphatic heterocycles. The normalized spacial score (nSPS) is 17.1. The molecule has 0 radical (unpaired) electrons. The number of aliphatic hydroxyl groups excluding tert-OH is 1. The van der Waals surface area contributed by atoms with E-state index in [1.165, 1.54) is 49.5 Å². The lowest BCUT2D eigenvalue weighted by Gasteiger charge is -2.23. The summed E-state index contributed by atoms with van der Waals surface area (Å²) in [7, 11) is 2.98. The minimum atomic E-state index is -1.02. The van der Waals surface area contributed by atoms with Crippen LogP contribution in [-0.4, -0.2) is 36.0 Å². The standard InChI is InChI=1S/C26H18ClFN2O5S/c1-34-15-6-3-13(4-7-15)22-21(23(31)17-12-16(35-2)8-9-18(17)27)24(32)25(33)30(22)26-29-19-10-5-14(28)11-20(19)36-26/h3-12,22,31H,1-2H3/b23-21+. The van der Waals surface area contributed by atoms with E-state index >= 15 is 0 Å². The van der Waals surface area contributed by atoms with Crippen molar-refractivity contribution in [3.63, 3.8) is 0 Å². The van der Waals surface area contributed by atoms with E-state index in [1.54, 1.807) is 30.3 Å². The van der Waals surface area contributed by atoms with Gasteiger partial charge in [-0.3, -0.25) is 14.5 Å². The molecule has 1 atom stereocenters. The number of nitrogens with zero attached hydrogens (tertiary/aromatic N) is 2. The Kier molecular flexibility index (Phi) is 6.11. The topological polar surface area (TPSA) is 89.0 Å². The van der Waals surface area contributed by atoms with Crippen LogP contribution in [0.25, 0.3) is 16.0 Å². The Balaban J connectivity index is 1.74. The molecule has 2 heterocycles. The summed E-state index contributed by atoms with van der Waals surface area (Å²) in [5, 5.41) is 11.7. The number of aromatic nitrogens is 1. The van der Waals surface area contributed by atoms with Gasteiger partial charge in [0.15, 0.2) is 5.13 Å². The summed E-state index contributed by atoms with van der Waals surface area (Å²) in [4.78, 5) is 32.4. The highest BCUT2D eigenvalue weighted by atomic mass is 35.5. The molecule has 3 aromatic carbocycles. The first-order chi connectivity index (χ1) is 17.3. The van der Waals surface area contributed by atoms with Gasteiger partial charge in [-0.25, -0.2) is 9.37 Å². The average molecular weight is 525 g/mol. The van der Waals surface area contributed by atoms with Gasteiger partial charge in [0.05, 0.1) is 41.1 Å². The summed E-state index contributed by atoms with van der Waals surface area (Å²) in [6.45, 7) is 0. The van der Waals surface area contributed by atoms with E-state index in [0.29, 0.717) is 27.3 Å². The number of hydrogen-bond acceptors (Lipinski definition) is 7. The number of hydrogen-bond donors (Lipinski definition) is 1. The Bertz CT molecular complexity index is 1550. The number of anilines is 1.